The van der Waals surface area contributed by atoms with Crippen LogP contribution in [0, 0.1) is 11.3 Å². The van der Waals surface area contributed by atoms with E-state index in [1.165, 1.54) is 0 Å². The number of allylic oxidation sites excluding steroid dienone is 1. The second-order valence-electron chi connectivity index (χ2n) is 8.07. The summed E-state index contributed by atoms with van der Waals surface area (Å²) in [5.41, 5.74) is 5.01. The molecule has 0 spiro atoms. The first-order chi connectivity index (χ1) is 16.6. The van der Waals surface area contributed by atoms with Gasteiger partial charge in [-0.2, -0.15) is 5.26 Å². The van der Waals surface area contributed by atoms with Crippen LogP contribution in [0.15, 0.2) is 61.6 Å². The molecule has 2 aliphatic heterocycles. The van der Waals surface area contributed by atoms with Gasteiger partial charge in [-0.1, -0.05) is 12.1 Å². The normalized spacial score (nSPS) is 15.1. The molecule has 0 bridgehead atoms. The zero-order valence-corrected chi connectivity index (χ0v) is 18.6. The van der Waals surface area contributed by atoms with Gasteiger partial charge in [0.15, 0.2) is 0 Å². The second-order valence-corrected chi connectivity index (χ2v) is 8.07. The van der Waals surface area contributed by atoms with Crippen molar-refractivity contribution in [1.29, 1.82) is 5.26 Å². The van der Waals surface area contributed by atoms with Crippen LogP contribution in [0.3, 0.4) is 0 Å². The summed E-state index contributed by atoms with van der Waals surface area (Å²) in [4.78, 5) is 30.2. The predicted molar refractivity (Wildman–Crippen MR) is 129 cm³/mol. The average Bonchev–Trinajstić information content (AvgIpc) is 3.44. The molecule has 2 amide bonds. The summed E-state index contributed by atoms with van der Waals surface area (Å²) >= 11 is 0. The van der Waals surface area contributed by atoms with Gasteiger partial charge in [0, 0.05) is 43.0 Å². The Labute approximate surface area is 195 Å². The van der Waals surface area contributed by atoms with Crippen LogP contribution >= 0.6 is 0 Å². The largest absolute Gasteiger partial charge is 0.345 e. The number of imidazole rings is 1. The summed E-state index contributed by atoms with van der Waals surface area (Å²) in [5, 5.41) is 16.2. The van der Waals surface area contributed by atoms with E-state index in [9.17, 15) is 14.9 Å². The highest BCUT2D eigenvalue weighted by atomic mass is 16.2. The molecular weight excluding hydrogens is 428 g/mol. The number of carbonyl (C=O) groups excluding carboxylic acids is 2. The van der Waals surface area contributed by atoms with Crippen LogP contribution in [0.25, 0.3) is 27.7 Å². The Morgan fingerprint density at radius 1 is 1.21 bits per heavy atom. The third-order valence-corrected chi connectivity index (χ3v) is 5.90. The predicted octanol–water partition coefficient (Wildman–Crippen LogP) is 3.02. The molecule has 34 heavy (non-hydrogen) atoms. The molecule has 5 heterocycles. The Balaban J connectivity index is 0.000000764. The van der Waals surface area contributed by atoms with E-state index < -0.39 is 11.8 Å². The van der Waals surface area contributed by atoms with Crippen molar-refractivity contribution in [2.45, 2.75) is 20.0 Å². The number of nitrogens with zero attached hydrogens (tertiary/aromatic N) is 4. The lowest BCUT2D eigenvalue weighted by atomic mass is 9.97. The lowest BCUT2D eigenvalue weighted by molar-refractivity contribution is -0.122. The monoisotopic (exact) mass is 450 g/mol. The lowest BCUT2D eigenvalue weighted by Crippen LogP contribution is -2.23. The topological polar surface area (TPSA) is 104 Å². The lowest BCUT2D eigenvalue weighted by Gasteiger charge is -2.06. The van der Waals surface area contributed by atoms with Crippen molar-refractivity contribution < 1.29 is 9.59 Å². The molecule has 0 aliphatic carbocycles. The molecule has 0 fully saturated rings. The molecule has 0 radical (unpaired) electrons. The Kier molecular flexibility index (Phi) is 5.32. The maximum atomic E-state index is 13.0. The van der Waals surface area contributed by atoms with Crippen LogP contribution in [0.1, 0.15) is 29.3 Å². The second kappa shape index (κ2) is 8.46. The van der Waals surface area contributed by atoms with Crippen molar-refractivity contribution in [3.63, 3.8) is 0 Å². The summed E-state index contributed by atoms with van der Waals surface area (Å²) < 4.78 is 3.89. The highest BCUT2D eigenvalue weighted by Gasteiger charge is 2.35. The average molecular weight is 451 g/mol. The number of hydrogen-bond acceptors (Lipinski definition) is 5. The van der Waals surface area contributed by atoms with Crippen LogP contribution in [-0.4, -0.2) is 32.3 Å². The summed E-state index contributed by atoms with van der Waals surface area (Å²) in [6.45, 7) is 7.38. The molecule has 0 saturated heterocycles. The van der Waals surface area contributed by atoms with E-state index in [-0.39, 0.29) is 0 Å². The molecule has 1 aromatic carbocycles. The number of fused-ring (bicyclic) bond motifs is 1. The first-order valence-corrected chi connectivity index (χ1v) is 10.9. The van der Waals surface area contributed by atoms with Gasteiger partial charge in [0.2, 0.25) is 0 Å². The number of imide groups is 1. The molecule has 2 aliphatic rings. The van der Waals surface area contributed by atoms with E-state index in [0.29, 0.717) is 40.2 Å². The zero-order chi connectivity index (χ0) is 23.8. The Bertz CT molecular complexity index is 1560. The van der Waals surface area contributed by atoms with Crippen molar-refractivity contribution in [1.82, 2.24) is 24.6 Å². The van der Waals surface area contributed by atoms with Crippen molar-refractivity contribution in [2.24, 2.45) is 0 Å². The number of rotatable bonds is 2. The van der Waals surface area contributed by atoms with Crippen LogP contribution < -0.4 is 10.6 Å². The third-order valence-electron chi connectivity index (χ3n) is 5.90. The maximum absolute atomic E-state index is 13.0. The highest BCUT2D eigenvalue weighted by molar-refractivity contribution is 6.49. The molecule has 168 valence electrons. The van der Waals surface area contributed by atoms with Crippen LogP contribution in [0.2, 0.25) is 0 Å². The van der Waals surface area contributed by atoms with E-state index >= 15 is 0 Å². The van der Waals surface area contributed by atoms with Crippen molar-refractivity contribution in [3.05, 3.63) is 84.0 Å². The molecule has 0 atom stereocenters. The van der Waals surface area contributed by atoms with Gasteiger partial charge < -0.3 is 9.88 Å². The van der Waals surface area contributed by atoms with E-state index in [2.05, 4.69) is 32.8 Å². The number of nitriles is 1. The number of nitrogens with one attached hydrogen (secondary N) is 2. The maximum Gasteiger partial charge on any atom is 0.261 e. The van der Waals surface area contributed by atoms with Gasteiger partial charge in [0.1, 0.15) is 5.65 Å². The molecule has 8 heteroatoms. The van der Waals surface area contributed by atoms with Crippen LogP contribution in [-0.2, 0) is 22.7 Å². The van der Waals surface area contributed by atoms with Crippen molar-refractivity contribution >= 4 is 39.5 Å². The molecule has 3 aromatic heterocycles. The molecule has 8 nitrogen and oxygen atoms in total. The molecule has 2 N–H and O–H groups in total. The first-order valence-electron chi connectivity index (χ1n) is 10.9. The quantitative estimate of drug-likeness (QED) is 0.361. The highest BCUT2D eigenvalue weighted by Crippen LogP contribution is 2.38. The van der Waals surface area contributed by atoms with E-state index in [1.807, 2.05) is 43.6 Å². The van der Waals surface area contributed by atoms with Gasteiger partial charge in [0.05, 0.1) is 40.2 Å². The zero-order valence-electron chi connectivity index (χ0n) is 18.6. The smallest absolute Gasteiger partial charge is 0.261 e. The van der Waals surface area contributed by atoms with Gasteiger partial charge in [-0.05, 0) is 36.8 Å². The third kappa shape index (κ3) is 3.31. The number of carbonyl (C=O) groups is 2. The van der Waals surface area contributed by atoms with Crippen molar-refractivity contribution in [2.75, 3.05) is 6.54 Å². The fourth-order valence-corrected chi connectivity index (χ4v) is 4.60. The number of benzene rings is 1. The van der Waals surface area contributed by atoms with Crippen LogP contribution in [0.5, 0.6) is 0 Å². The van der Waals surface area contributed by atoms with Gasteiger partial charge in [0.25, 0.3) is 11.8 Å². The fourth-order valence-electron chi connectivity index (χ4n) is 4.60. The first kappa shape index (κ1) is 21.4. The summed E-state index contributed by atoms with van der Waals surface area (Å²) in [6.07, 6.45) is 7.10. The minimum Gasteiger partial charge on any atom is -0.345 e. The molecule has 0 unspecified atom stereocenters. The van der Waals surface area contributed by atoms with Gasteiger partial charge in [-0.15, -0.1) is 6.58 Å². The Morgan fingerprint density at radius 3 is 2.79 bits per heavy atom. The van der Waals surface area contributed by atoms with Crippen molar-refractivity contribution in [3.8, 4) is 6.07 Å². The number of amides is 2. The van der Waals surface area contributed by atoms with Gasteiger partial charge in [-0.25, -0.2) is 4.98 Å². The molecule has 6 rings (SSSR count). The van der Waals surface area contributed by atoms with E-state index in [1.54, 1.807) is 22.7 Å². The summed E-state index contributed by atoms with van der Waals surface area (Å²) in [7, 11) is 0. The molecule has 4 aromatic rings. The number of aromatic nitrogens is 3. The van der Waals surface area contributed by atoms with E-state index in [4.69, 9.17) is 0 Å². The van der Waals surface area contributed by atoms with E-state index in [0.717, 1.165) is 29.6 Å². The Morgan fingerprint density at radius 2 is 2.00 bits per heavy atom. The van der Waals surface area contributed by atoms with Crippen LogP contribution in [0.4, 0.5) is 0 Å². The molecule has 0 saturated carbocycles. The van der Waals surface area contributed by atoms with Gasteiger partial charge in [-0.3, -0.25) is 19.3 Å². The standard InChI is InChI=1S/C23H16N6O2.C3H6/c24-9-13-7-14-10-25-4-6-28-12-16(15(8-13)21(14)28)19-20(23(31)27-22(19)30)17-11-26-18-3-1-2-5-29(17)18;1-3-2/h1-3,5,7-8,11-12,25H,4,6,10H2,(H,27,30,31);3H,1H2,2H3. The summed E-state index contributed by atoms with van der Waals surface area (Å²) in [5.74, 6) is -0.888. The molecular formula is C26H22N6O2. The fraction of sp³-hybridized carbons (Fsp3) is 0.154. The number of hydrogen-bond donors (Lipinski definition) is 2. The SMILES string of the molecule is C=CC.N#Cc1cc2c3c(c1)c(C1=C(c4cnc5ccccn45)C(=O)NC1=O)cn3CCNC2. The Hall–Kier alpha value is -4.48. The number of pyridine rings is 1. The minimum absolute atomic E-state index is 0.293. The minimum atomic E-state index is -0.447. The summed E-state index contributed by atoms with van der Waals surface area (Å²) in [6, 6.07) is 11.4. The van der Waals surface area contributed by atoms with Gasteiger partial charge >= 0.3 is 0 Å².